The van der Waals surface area contributed by atoms with Gasteiger partial charge in [-0.15, -0.1) is 0 Å². The van der Waals surface area contributed by atoms with Gasteiger partial charge < -0.3 is 0 Å². The first-order valence-electron chi connectivity index (χ1n) is 10.8. The number of aryl methyl sites for hydroxylation is 3. The highest BCUT2D eigenvalue weighted by Crippen LogP contribution is 2.35. The van der Waals surface area contributed by atoms with Gasteiger partial charge in [-0.05, 0) is 54.3 Å². The molecule has 3 heterocycles. The molecule has 0 saturated heterocycles. The number of benzene rings is 3. The molecule has 1 aliphatic rings. The number of aromatic nitrogens is 3. The summed E-state index contributed by atoms with van der Waals surface area (Å²) in [4.78, 5) is 5.02. The smallest absolute Gasteiger partial charge is 0.213 e. The Morgan fingerprint density at radius 3 is 2.45 bits per heavy atom. The lowest BCUT2D eigenvalue weighted by atomic mass is 9.97. The Hall–Kier alpha value is -3.72. The van der Waals surface area contributed by atoms with Crippen molar-refractivity contribution in [3.8, 4) is 28.1 Å². The fourth-order valence-electron chi connectivity index (χ4n) is 4.97. The van der Waals surface area contributed by atoms with Gasteiger partial charge in [0.2, 0.25) is 5.69 Å². The number of pyridine rings is 1. The van der Waals surface area contributed by atoms with Gasteiger partial charge >= 0.3 is 0 Å². The van der Waals surface area contributed by atoms with Gasteiger partial charge in [-0.3, -0.25) is 4.57 Å². The van der Waals surface area contributed by atoms with Crippen molar-refractivity contribution in [1.82, 2.24) is 9.55 Å². The molecular formula is C28H24N3+. The zero-order valence-corrected chi connectivity index (χ0v) is 18.1. The molecule has 3 nitrogen and oxygen atoms in total. The molecule has 0 unspecified atom stereocenters. The van der Waals surface area contributed by atoms with Crippen molar-refractivity contribution >= 4 is 11.0 Å². The maximum atomic E-state index is 5.02. The minimum Gasteiger partial charge on any atom is -0.296 e. The average molecular weight is 403 g/mol. The van der Waals surface area contributed by atoms with E-state index in [-0.39, 0.29) is 0 Å². The molecular weight excluding hydrogens is 378 g/mol. The Bertz CT molecular complexity index is 1480. The molecule has 0 spiro atoms. The highest BCUT2D eigenvalue weighted by atomic mass is 15.1. The fraction of sp³-hybridized carbons (Fsp3) is 0.143. The van der Waals surface area contributed by atoms with Crippen molar-refractivity contribution in [2.45, 2.75) is 20.3 Å². The maximum Gasteiger partial charge on any atom is 0.213 e. The number of hydrogen-bond donors (Lipinski definition) is 0. The topological polar surface area (TPSA) is 21.7 Å². The summed E-state index contributed by atoms with van der Waals surface area (Å²) in [6.45, 7) is 4.39. The van der Waals surface area contributed by atoms with Gasteiger partial charge in [0.25, 0.3) is 0 Å². The molecule has 150 valence electrons. The van der Waals surface area contributed by atoms with Gasteiger partial charge in [0.05, 0.1) is 22.3 Å². The normalized spacial score (nSPS) is 12.2. The van der Waals surface area contributed by atoms with Gasteiger partial charge in [0.1, 0.15) is 12.9 Å². The van der Waals surface area contributed by atoms with Gasteiger partial charge in [-0.2, -0.15) is 0 Å². The van der Waals surface area contributed by atoms with Crippen LogP contribution >= 0.6 is 0 Å². The van der Waals surface area contributed by atoms with Crippen LogP contribution in [0.2, 0.25) is 0 Å². The van der Waals surface area contributed by atoms with Crippen LogP contribution in [-0.2, 0) is 13.5 Å². The van der Waals surface area contributed by atoms with Gasteiger partial charge in [0.15, 0.2) is 6.20 Å². The first-order valence-corrected chi connectivity index (χ1v) is 10.8. The third kappa shape index (κ3) is 2.73. The molecule has 0 saturated carbocycles. The Kier molecular flexibility index (Phi) is 3.87. The lowest BCUT2D eigenvalue weighted by Gasteiger charge is -2.11. The van der Waals surface area contributed by atoms with Crippen LogP contribution in [0.25, 0.3) is 39.1 Å². The first-order chi connectivity index (χ1) is 15.1. The average Bonchev–Trinajstić information content (AvgIpc) is 3.30. The number of hydrogen-bond acceptors (Lipinski definition) is 1. The van der Waals surface area contributed by atoms with Crippen LogP contribution in [0.1, 0.15) is 22.5 Å². The Balaban J connectivity index is 1.55. The van der Waals surface area contributed by atoms with E-state index in [1.54, 1.807) is 0 Å². The Morgan fingerprint density at radius 2 is 1.61 bits per heavy atom. The Morgan fingerprint density at radius 1 is 0.839 bits per heavy atom. The molecule has 0 aliphatic carbocycles. The summed E-state index contributed by atoms with van der Waals surface area (Å²) in [5.41, 5.74) is 12.4. The Labute approximate surface area is 182 Å². The molecule has 0 N–H and O–H groups in total. The van der Waals surface area contributed by atoms with Crippen LogP contribution in [0.15, 0.2) is 79.0 Å². The van der Waals surface area contributed by atoms with Crippen molar-refractivity contribution in [3.05, 3.63) is 102 Å². The van der Waals surface area contributed by atoms with Crippen LogP contribution < -0.4 is 4.57 Å². The fourth-order valence-corrected chi connectivity index (χ4v) is 4.97. The molecule has 5 aromatic rings. The molecule has 31 heavy (non-hydrogen) atoms. The molecule has 0 fully saturated rings. The summed E-state index contributed by atoms with van der Waals surface area (Å²) in [6.07, 6.45) is 3.13. The second-order valence-corrected chi connectivity index (χ2v) is 8.56. The molecule has 1 aliphatic heterocycles. The van der Waals surface area contributed by atoms with E-state index in [0.29, 0.717) is 0 Å². The van der Waals surface area contributed by atoms with Crippen LogP contribution in [0.4, 0.5) is 0 Å². The number of nitrogens with zero attached hydrogens (tertiary/aromatic N) is 3. The van der Waals surface area contributed by atoms with E-state index in [2.05, 4.69) is 109 Å². The lowest BCUT2D eigenvalue weighted by molar-refractivity contribution is -0.660. The van der Waals surface area contributed by atoms with Gasteiger partial charge in [-0.1, -0.05) is 48.5 Å². The standard InChI is InChI=1S/C28H24N3/c1-18-13-27-24(29-28-14-21-11-7-8-12-25(21)31(27)28)15-23(18)26-16-22(19(2)17-30(26)3)20-9-5-4-6-10-20/h4-13,15-17H,14H2,1-3H3/q+1. The van der Waals surface area contributed by atoms with Crippen LogP contribution in [0, 0.1) is 13.8 Å². The molecule has 2 aromatic heterocycles. The van der Waals surface area contributed by atoms with E-state index in [1.807, 2.05) is 0 Å². The molecule has 3 heteroatoms. The predicted molar refractivity (Wildman–Crippen MR) is 125 cm³/mol. The van der Waals surface area contributed by atoms with E-state index in [9.17, 15) is 0 Å². The second kappa shape index (κ2) is 6.64. The predicted octanol–water partition coefficient (Wildman–Crippen LogP) is 5.71. The summed E-state index contributed by atoms with van der Waals surface area (Å²) < 4.78 is 4.56. The van der Waals surface area contributed by atoms with Crippen molar-refractivity contribution in [2.24, 2.45) is 7.05 Å². The van der Waals surface area contributed by atoms with Crippen molar-refractivity contribution in [3.63, 3.8) is 0 Å². The first kappa shape index (κ1) is 18.1. The highest BCUT2D eigenvalue weighted by molar-refractivity contribution is 5.86. The summed E-state index contributed by atoms with van der Waals surface area (Å²) in [7, 11) is 2.13. The molecule has 6 rings (SSSR count). The van der Waals surface area contributed by atoms with Gasteiger partial charge in [-0.25, -0.2) is 9.55 Å². The summed E-state index contributed by atoms with van der Waals surface area (Å²) in [6, 6.07) is 26.1. The number of para-hydroxylation sites is 1. The molecule has 3 aromatic carbocycles. The zero-order chi connectivity index (χ0) is 21.1. The molecule has 0 radical (unpaired) electrons. The molecule has 0 atom stereocenters. The largest absolute Gasteiger partial charge is 0.296 e. The maximum absolute atomic E-state index is 5.02. The SMILES string of the molecule is Cc1c[n+](C)c(-c2cc3nc4n(c3cc2C)-c2ccccc2C4)cc1-c1ccccc1. The summed E-state index contributed by atoms with van der Waals surface area (Å²) >= 11 is 0. The number of fused-ring (bicyclic) bond motifs is 5. The van der Waals surface area contributed by atoms with Crippen molar-refractivity contribution in [1.29, 1.82) is 0 Å². The number of imidazole rings is 1. The summed E-state index contributed by atoms with van der Waals surface area (Å²) in [5.74, 6) is 1.13. The van der Waals surface area contributed by atoms with E-state index in [0.717, 1.165) is 17.8 Å². The quantitative estimate of drug-likeness (QED) is 0.340. The van der Waals surface area contributed by atoms with Crippen molar-refractivity contribution in [2.75, 3.05) is 0 Å². The summed E-state index contributed by atoms with van der Waals surface area (Å²) in [5, 5.41) is 0. The van der Waals surface area contributed by atoms with E-state index in [1.165, 1.54) is 50.3 Å². The van der Waals surface area contributed by atoms with Crippen molar-refractivity contribution < 1.29 is 4.57 Å². The lowest BCUT2D eigenvalue weighted by Crippen LogP contribution is -2.31. The molecule has 0 amide bonds. The molecule has 0 bridgehead atoms. The highest BCUT2D eigenvalue weighted by Gasteiger charge is 2.24. The number of rotatable bonds is 2. The minimum atomic E-state index is 0.899. The van der Waals surface area contributed by atoms with Crippen LogP contribution in [-0.4, -0.2) is 9.55 Å². The zero-order valence-electron chi connectivity index (χ0n) is 18.1. The minimum absolute atomic E-state index is 0.899. The third-order valence-corrected chi connectivity index (χ3v) is 6.49. The van der Waals surface area contributed by atoms with E-state index in [4.69, 9.17) is 4.98 Å². The van der Waals surface area contributed by atoms with Crippen LogP contribution in [0.3, 0.4) is 0 Å². The monoisotopic (exact) mass is 402 g/mol. The van der Waals surface area contributed by atoms with E-state index >= 15 is 0 Å². The van der Waals surface area contributed by atoms with Gasteiger partial charge in [0, 0.05) is 18.1 Å². The van der Waals surface area contributed by atoms with Crippen LogP contribution in [0.5, 0.6) is 0 Å². The second-order valence-electron chi connectivity index (χ2n) is 8.56. The third-order valence-electron chi connectivity index (χ3n) is 6.49. The van der Waals surface area contributed by atoms with E-state index < -0.39 is 0 Å².